The Labute approximate surface area is 139 Å². The highest BCUT2D eigenvalue weighted by Gasteiger charge is 2.38. The van der Waals surface area contributed by atoms with E-state index in [2.05, 4.69) is 9.97 Å². The largest absolute Gasteiger partial charge is 0.483 e. The molecule has 2 aromatic heterocycles. The fraction of sp³-hybridized carbons (Fsp3) is 0.125. The van der Waals surface area contributed by atoms with E-state index >= 15 is 0 Å². The molecule has 1 aromatic carbocycles. The summed E-state index contributed by atoms with van der Waals surface area (Å²) in [5.41, 5.74) is 4.41. The molecule has 0 amide bonds. The van der Waals surface area contributed by atoms with Gasteiger partial charge in [0.2, 0.25) is 0 Å². The van der Waals surface area contributed by atoms with E-state index < -0.39 is 24.3 Å². The van der Waals surface area contributed by atoms with E-state index in [1.807, 2.05) is 0 Å². The maximum atomic E-state index is 13.5. The smallest absolute Gasteiger partial charge is 0.433 e. The van der Waals surface area contributed by atoms with Crippen LogP contribution in [-0.2, 0) is 12.8 Å². The molecule has 0 unspecified atom stereocenters. The number of aromatic nitrogens is 3. The van der Waals surface area contributed by atoms with Crippen molar-refractivity contribution >= 4 is 5.82 Å². The highest BCUT2D eigenvalue weighted by molar-refractivity contribution is 5.45. The van der Waals surface area contributed by atoms with Crippen LogP contribution in [0, 0.1) is 5.82 Å². The molecule has 0 atom stereocenters. The molecule has 9 heteroatoms. The molecule has 130 valence electrons. The lowest BCUT2D eigenvalue weighted by Gasteiger charge is -2.14. The Kier molecular flexibility index (Phi) is 4.30. The molecule has 2 N–H and O–H groups in total. The van der Waals surface area contributed by atoms with Crippen molar-refractivity contribution in [2.24, 2.45) is 0 Å². The van der Waals surface area contributed by atoms with Crippen LogP contribution in [0.4, 0.5) is 23.4 Å². The third-order valence-corrected chi connectivity index (χ3v) is 3.38. The number of benzene rings is 1. The molecule has 0 aliphatic heterocycles. The first kappa shape index (κ1) is 16.7. The van der Waals surface area contributed by atoms with Gasteiger partial charge in [-0.05, 0) is 36.4 Å². The Morgan fingerprint density at radius 2 is 1.80 bits per heavy atom. The summed E-state index contributed by atoms with van der Waals surface area (Å²) in [7, 11) is 0. The Hall–Kier alpha value is -3.10. The Morgan fingerprint density at radius 3 is 2.44 bits per heavy atom. The zero-order valence-corrected chi connectivity index (χ0v) is 12.7. The van der Waals surface area contributed by atoms with Gasteiger partial charge in [0.05, 0.1) is 0 Å². The van der Waals surface area contributed by atoms with Crippen molar-refractivity contribution in [1.82, 2.24) is 14.5 Å². The fourth-order valence-electron chi connectivity index (χ4n) is 2.26. The monoisotopic (exact) mass is 352 g/mol. The van der Waals surface area contributed by atoms with Crippen molar-refractivity contribution < 1.29 is 22.3 Å². The van der Waals surface area contributed by atoms with Gasteiger partial charge in [0, 0.05) is 11.9 Å². The van der Waals surface area contributed by atoms with E-state index in [4.69, 9.17) is 10.5 Å². The summed E-state index contributed by atoms with van der Waals surface area (Å²) in [6, 6.07) is 7.65. The topological polar surface area (TPSA) is 66.0 Å². The maximum Gasteiger partial charge on any atom is 0.433 e. The fourth-order valence-corrected chi connectivity index (χ4v) is 2.26. The molecule has 0 bridgehead atoms. The number of alkyl halides is 3. The SMILES string of the molecule is Nc1ncccc1OCc1ncn(-c2ccc(F)cc2)c1C(F)(F)F. The molecule has 2 heterocycles. The van der Waals surface area contributed by atoms with E-state index in [0.29, 0.717) is 0 Å². The van der Waals surface area contributed by atoms with Crippen LogP contribution in [0.1, 0.15) is 11.4 Å². The van der Waals surface area contributed by atoms with Crippen molar-refractivity contribution in [2.45, 2.75) is 12.8 Å². The maximum absolute atomic E-state index is 13.5. The lowest BCUT2D eigenvalue weighted by Crippen LogP contribution is -2.16. The predicted octanol–water partition coefficient (Wildman–Crippen LogP) is 3.59. The van der Waals surface area contributed by atoms with Gasteiger partial charge in [0.25, 0.3) is 0 Å². The van der Waals surface area contributed by atoms with E-state index in [0.717, 1.165) is 23.0 Å². The summed E-state index contributed by atoms with van der Waals surface area (Å²) in [6.07, 6.45) is -2.22. The van der Waals surface area contributed by atoms with Gasteiger partial charge < -0.3 is 10.5 Å². The molecular formula is C16H12F4N4O. The second kappa shape index (κ2) is 6.42. The van der Waals surface area contributed by atoms with E-state index in [1.165, 1.54) is 24.4 Å². The zero-order chi connectivity index (χ0) is 18.0. The van der Waals surface area contributed by atoms with Crippen LogP contribution in [0.25, 0.3) is 5.69 Å². The molecule has 0 saturated heterocycles. The van der Waals surface area contributed by atoms with Crippen LogP contribution < -0.4 is 10.5 Å². The minimum atomic E-state index is -4.68. The van der Waals surface area contributed by atoms with E-state index in [-0.39, 0.29) is 22.9 Å². The minimum absolute atomic E-state index is 0.0639. The highest BCUT2D eigenvalue weighted by Crippen LogP contribution is 2.34. The van der Waals surface area contributed by atoms with Crippen molar-refractivity contribution in [3.05, 3.63) is 66.1 Å². The van der Waals surface area contributed by atoms with Crippen molar-refractivity contribution in [3.63, 3.8) is 0 Å². The van der Waals surface area contributed by atoms with Gasteiger partial charge in [-0.1, -0.05) is 0 Å². The Balaban J connectivity index is 1.95. The number of imidazole rings is 1. The number of ether oxygens (including phenoxy) is 1. The number of rotatable bonds is 4. The van der Waals surface area contributed by atoms with Gasteiger partial charge in [-0.15, -0.1) is 0 Å². The quantitative estimate of drug-likeness (QED) is 0.729. The average Bonchev–Trinajstić information content (AvgIpc) is 2.99. The predicted molar refractivity (Wildman–Crippen MR) is 81.5 cm³/mol. The highest BCUT2D eigenvalue weighted by atomic mass is 19.4. The van der Waals surface area contributed by atoms with Gasteiger partial charge in [-0.2, -0.15) is 13.2 Å². The Morgan fingerprint density at radius 1 is 1.08 bits per heavy atom. The molecule has 0 radical (unpaired) electrons. The van der Waals surface area contributed by atoms with Crippen molar-refractivity contribution in [1.29, 1.82) is 0 Å². The second-order valence-corrected chi connectivity index (χ2v) is 5.06. The molecular weight excluding hydrogens is 340 g/mol. The summed E-state index contributed by atoms with van der Waals surface area (Å²) < 4.78 is 59.6. The number of hydrogen-bond acceptors (Lipinski definition) is 4. The molecule has 0 saturated carbocycles. The third kappa shape index (κ3) is 3.54. The van der Waals surface area contributed by atoms with E-state index in [1.54, 1.807) is 6.07 Å². The van der Waals surface area contributed by atoms with Gasteiger partial charge in [-0.25, -0.2) is 14.4 Å². The molecule has 25 heavy (non-hydrogen) atoms. The second-order valence-electron chi connectivity index (χ2n) is 5.06. The number of pyridine rings is 1. The van der Waals surface area contributed by atoms with Crippen LogP contribution >= 0.6 is 0 Å². The van der Waals surface area contributed by atoms with Crippen LogP contribution in [0.3, 0.4) is 0 Å². The molecule has 0 spiro atoms. The molecule has 3 aromatic rings. The number of nitrogens with zero attached hydrogens (tertiary/aromatic N) is 3. The first-order valence-corrected chi connectivity index (χ1v) is 7.09. The van der Waals surface area contributed by atoms with Crippen molar-refractivity contribution in [2.75, 3.05) is 5.73 Å². The summed E-state index contributed by atoms with van der Waals surface area (Å²) in [5.74, 6) is -0.325. The molecule has 5 nitrogen and oxygen atoms in total. The minimum Gasteiger partial charge on any atom is -0.483 e. The molecule has 0 fully saturated rings. The molecule has 3 rings (SSSR count). The van der Waals surface area contributed by atoms with Gasteiger partial charge in [-0.3, -0.25) is 4.57 Å². The number of hydrogen-bond donors (Lipinski definition) is 1. The average molecular weight is 352 g/mol. The Bertz CT molecular complexity index is 875. The van der Waals surface area contributed by atoms with E-state index in [9.17, 15) is 17.6 Å². The lowest BCUT2D eigenvalue weighted by atomic mass is 10.2. The lowest BCUT2D eigenvalue weighted by molar-refractivity contribution is -0.143. The van der Waals surface area contributed by atoms with Crippen LogP contribution in [-0.4, -0.2) is 14.5 Å². The summed E-state index contributed by atoms with van der Waals surface area (Å²) in [4.78, 5) is 7.58. The molecule has 0 aliphatic carbocycles. The van der Waals surface area contributed by atoms with Gasteiger partial charge in [0.15, 0.2) is 17.3 Å². The first-order chi connectivity index (χ1) is 11.9. The summed E-state index contributed by atoms with van der Waals surface area (Å²) in [5, 5.41) is 0. The van der Waals surface area contributed by atoms with Crippen LogP contribution in [0.15, 0.2) is 48.9 Å². The summed E-state index contributed by atoms with van der Waals surface area (Å²) >= 11 is 0. The third-order valence-electron chi connectivity index (χ3n) is 3.38. The number of nitrogen functional groups attached to an aromatic ring is 1. The zero-order valence-electron chi connectivity index (χ0n) is 12.7. The van der Waals surface area contributed by atoms with Crippen LogP contribution in [0.5, 0.6) is 5.75 Å². The number of nitrogens with two attached hydrogens (primary N) is 1. The van der Waals surface area contributed by atoms with Crippen molar-refractivity contribution in [3.8, 4) is 11.4 Å². The number of anilines is 1. The molecule has 0 aliphatic rings. The summed E-state index contributed by atoms with van der Waals surface area (Å²) in [6.45, 7) is -0.446. The van der Waals surface area contributed by atoms with Crippen LogP contribution in [0.2, 0.25) is 0 Å². The van der Waals surface area contributed by atoms with Gasteiger partial charge >= 0.3 is 6.18 Å². The normalized spacial score (nSPS) is 11.5. The first-order valence-electron chi connectivity index (χ1n) is 7.09. The number of halogens is 4. The standard InChI is InChI=1S/C16H12F4N4O/c17-10-3-5-11(6-4-10)24-9-23-12(14(24)16(18,19)20)8-25-13-2-1-7-22-15(13)21/h1-7,9H,8H2,(H2,21,22). The van der Waals surface area contributed by atoms with Gasteiger partial charge in [0.1, 0.15) is 24.4 Å².